The van der Waals surface area contributed by atoms with Gasteiger partial charge in [0, 0.05) is 11.1 Å². The number of urea groups is 1. The highest BCUT2D eigenvalue weighted by atomic mass is 16.2. The molecular weight excluding hydrogens is 300 g/mol. The molecule has 1 aromatic rings. The first-order valence-electron chi connectivity index (χ1n) is 9.03. The fourth-order valence-electron chi connectivity index (χ4n) is 3.22. The van der Waals surface area contributed by atoms with Crippen LogP contribution in [0.3, 0.4) is 0 Å². The summed E-state index contributed by atoms with van der Waals surface area (Å²) >= 11 is 0. The van der Waals surface area contributed by atoms with E-state index in [-0.39, 0.29) is 11.6 Å². The second-order valence-electron chi connectivity index (χ2n) is 8.16. The summed E-state index contributed by atoms with van der Waals surface area (Å²) in [6.07, 6.45) is 0. The Kier molecular flexibility index (Phi) is 6.24. The highest BCUT2D eigenvalue weighted by Crippen LogP contribution is 2.11. The molecule has 4 N–H and O–H groups in total. The number of amides is 2. The smallest absolute Gasteiger partial charge is 0.315 e. The van der Waals surface area contributed by atoms with Crippen LogP contribution in [0.2, 0.25) is 0 Å². The Morgan fingerprint density at radius 2 is 1.71 bits per heavy atom. The summed E-state index contributed by atoms with van der Waals surface area (Å²) in [4.78, 5) is 15.3. The molecule has 2 rings (SSSR count). The number of hydrogen-bond acceptors (Lipinski definition) is 1. The fraction of sp³-hybridized carbons (Fsp3) is 0.632. The number of hydrogen-bond donors (Lipinski definition) is 4. The summed E-state index contributed by atoms with van der Waals surface area (Å²) in [6, 6.07) is 8.97. The summed E-state index contributed by atoms with van der Waals surface area (Å²) in [6.45, 7) is 13.4. The standard InChI is InChI=1S/C19H32N4O/c1-15-6-8-16(9-7-15)17(23-12-10-22(5)11-13-23)14-20-18(24)21-19(2,3)4/h6-9,17H,10-14H2,1-5H3,(H2,20,21,24)/p+2/t17-/m1/s1. The predicted molar refractivity (Wildman–Crippen MR) is 97.5 cm³/mol. The molecule has 0 radical (unpaired) electrons. The SMILES string of the molecule is Cc1ccc([C@@H](CNC(=O)NC(C)(C)C)[NH+]2CC[NH+](C)CC2)cc1. The number of piperazine rings is 1. The normalized spacial score (nSPS) is 22.7. The highest BCUT2D eigenvalue weighted by molar-refractivity contribution is 5.74. The minimum Gasteiger partial charge on any atom is -0.334 e. The maximum absolute atomic E-state index is 12.1. The number of carbonyl (C=O) groups excluding carboxylic acids is 1. The lowest BCUT2D eigenvalue weighted by Crippen LogP contribution is -3.27. The Morgan fingerprint density at radius 3 is 2.25 bits per heavy atom. The summed E-state index contributed by atoms with van der Waals surface area (Å²) < 4.78 is 0. The third-order valence-corrected chi connectivity index (χ3v) is 4.67. The molecule has 1 aliphatic heterocycles. The van der Waals surface area contributed by atoms with Gasteiger partial charge in [0.1, 0.15) is 32.2 Å². The highest BCUT2D eigenvalue weighted by Gasteiger charge is 2.29. The molecule has 5 heteroatoms. The Labute approximate surface area is 146 Å². The van der Waals surface area contributed by atoms with Crippen molar-refractivity contribution in [2.45, 2.75) is 39.3 Å². The molecule has 1 atom stereocenters. The topological polar surface area (TPSA) is 50.0 Å². The molecule has 0 aliphatic carbocycles. The van der Waals surface area contributed by atoms with Gasteiger partial charge in [0.25, 0.3) is 0 Å². The van der Waals surface area contributed by atoms with E-state index in [0.29, 0.717) is 12.6 Å². The van der Waals surface area contributed by atoms with Crippen LogP contribution in [0.5, 0.6) is 0 Å². The maximum Gasteiger partial charge on any atom is 0.315 e. The quantitative estimate of drug-likeness (QED) is 0.592. The molecule has 0 bridgehead atoms. The van der Waals surface area contributed by atoms with Gasteiger partial charge in [-0.3, -0.25) is 0 Å². The van der Waals surface area contributed by atoms with Gasteiger partial charge in [0.15, 0.2) is 0 Å². The van der Waals surface area contributed by atoms with E-state index in [9.17, 15) is 4.79 Å². The van der Waals surface area contributed by atoms with Gasteiger partial charge in [-0.05, 0) is 27.7 Å². The molecule has 0 spiro atoms. The Balaban J connectivity index is 2.05. The molecule has 2 amide bonds. The van der Waals surface area contributed by atoms with Crippen molar-refractivity contribution in [3.8, 4) is 0 Å². The van der Waals surface area contributed by atoms with Gasteiger partial charge in [-0.2, -0.15) is 0 Å². The molecule has 5 nitrogen and oxygen atoms in total. The second kappa shape index (κ2) is 7.99. The molecule has 0 aromatic heterocycles. The lowest BCUT2D eigenvalue weighted by atomic mass is 10.0. The van der Waals surface area contributed by atoms with Gasteiger partial charge < -0.3 is 20.4 Å². The average molecular weight is 335 g/mol. The van der Waals surface area contributed by atoms with Crippen LogP contribution in [-0.4, -0.2) is 51.3 Å². The van der Waals surface area contributed by atoms with Crippen LogP contribution in [0.4, 0.5) is 4.79 Å². The van der Waals surface area contributed by atoms with Gasteiger partial charge in [-0.1, -0.05) is 29.8 Å². The zero-order valence-corrected chi connectivity index (χ0v) is 15.8. The minimum atomic E-state index is -0.215. The van der Waals surface area contributed by atoms with Gasteiger partial charge in [0.05, 0.1) is 13.6 Å². The monoisotopic (exact) mass is 334 g/mol. The van der Waals surface area contributed by atoms with E-state index in [4.69, 9.17) is 0 Å². The molecule has 0 saturated carbocycles. The van der Waals surface area contributed by atoms with Crippen LogP contribution in [-0.2, 0) is 0 Å². The lowest BCUT2D eigenvalue weighted by molar-refractivity contribution is -1.02. The van der Waals surface area contributed by atoms with Crippen molar-refractivity contribution < 1.29 is 14.6 Å². The molecule has 1 heterocycles. The van der Waals surface area contributed by atoms with E-state index in [1.54, 1.807) is 9.80 Å². The van der Waals surface area contributed by atoms with E-state index < -0.39 is 0 Å². The molecule has 1 saturated heterocycles. The van der Waals surface area contributed by atoms with Crippen molar-refractivity contribution in [3.05, 3.63) is 35.4 Å². The zero-order valence-electron chi connectivity index (χ0n) is 15.8. The Bertz CT molecular complexity index is 527. The molecule has 24 heavy (non-hydrogen) atoms. The lowest BCUT2D eigenvalue weighted by Gasteiger charge is -2.34. The van der Waals surface area contributed by atoms with Crippen LogP contribution in [0.15, 0.2) is 24.3 Å². The third-order valence-electron chi connectivity index (χ3n) is 4.67. The van der Waals surface area contributed by atoms with Crippen LogP contribution in [0.25, 0.3) is 0 Å². The van der Waals surface area contributed by atoms with E-state index in [1.165, 1.54) is 24.2 Å². The Morgan fingerprint density at radius 1 is 1.12 bits per heavy atom. The molecule has 0 unspecified atom stereocenters. The predicted octanol–water partition coefficient (Wildman–Crippen LogP) is -0.453. The van der Waals surface area contributed by atoms with E-state index in [2.05, 4.69) is 48.9 Å². The number of carbonyl (C=O) groups is 1. The summed E-state index contributed by atoms with van der Waals surface area (Å²) in [5, 5.41) is 6.06. The van der Waals surface area contributed by atoms with Gasteiger partial charge >= 0.3 is 6.03 Å². The fourth-order valence-corrected chi connectivity index (χ4v) is 3.22. The van der Waals surface area contributed by atoms with Crippen molar-refractivity contribution in [2.24, 2.45) is 0 Å². The van der Waals surface area contributed by atoms with Crippen LogP contribution in [0, 0.1) is 6.92 Å². The zero-order chi connectivity index (χ0) is 17.7. The molecule has 1 aliphatic rings. The van der Waals surface area contributed by atoms with Gasteiger partial charge in [-0.25, -0.2) is 4.79 Å². The van der Waals surface area contributed by atoms with Crippen molar-refractivity contribution in [3.63, 3.8) is 0 Å². The van der Waals surface area contributed by atoms with Crippen LogP contribution in [0.1, 0.15) is 37.9 Å². The van der Waals surface area contributed by atoms with Crippen LogP contribution < -0.4 is 20.4 Å². The second-order valence-corrected chi connectivity index (χ2v) is 8.16. The summed E-state index contributed by atoms with van der Waals surface area (Å²) in [7, 11) is 2.26. The molecule has 1 aromatic carbocycles. The summed E-state index contributed by atoms with van der Waals surface area (Å²) in [5.41, 5.74) is 2.37. The number of benzene rings is 1. The minimum absolute atomic E-state index is 0.0845. The first-order chi connectivity index (χ1) is 11.2. The van der Waals surface area contributed by atoms with Crippen molar-refractivity contribution in [1.29, 1.82) is 0 Å². The first-order valence-corrected chi connectivity index (χ1v) is 9.03. The first kappa shape index (κ1) is 18.7. The van der Waals surface area contributed by atoms with E-state index >= 15 is 0 Å². The van der Waals surface area contributed by atoms with Crippen molar-refractivity contribution in [2.75, 3.05) is 39.8 Å². The largest absolute Gasteiger partial charge is 0.334 e. The van der Waals surface area contributed by atoms with Gasteiger partial charge in [-0.15, -0.1) is 0 Å². The molecule has 134 valence electrons. The van der Waals surface area contributed by atoms with Crippen molar-refractivity contribution in [1.82, 2.24) is 10.6 Å². The number of aryl methyl sites for hydroxylation is 1. The van der Waals surface area contributed by atoms with E-state index in [1.807, 2.05) is 20.8 Å². The van der Waals surface area contributed by atoms with Crippen LogP contribution >= 0.6 is 0 Å². The van der Waals surface area contributed by atoms with Gasteiger partial charge in [0.2, 0.25) is 0 Å². The van der Waals surface area contributed by atoms with Crippen molar-refractivity contribution >= 4 is 6.03 Å². The van der Waals surface area contributed by atoms with E-state index in [0.717, 1.165) is 13.1 Å². The number of nitrogens with one attached hydrogen (secondary N) is 4. The summed E-state index contributed by atoms with van der Waals surface area (Å²) in [5.74, 6) is 0. The Hall–Kier alpha value is -1.59. The molecule has 1 fully saturated rings. The number of quaternary nitrogens is 2. The average Bonchev–Trinajstić information content (AvgIpc) is 2.49. The number of likely N-dealkylation sites (N-methyl/N-ethyl adjacent to an activating group) is 1. The molecular formula is C19H34N4O+2. The maximum atomic E-state index is 12.1. The third kappa shape index (κ3) is 5.80. The number of rotatable bonds is 4.